The van der Waals surface area contributed by atoms with E-state index in [4.69, 9.17) is 4.42 Å². The van der Waals surface area contributed by atoms with E-state index in [9.17, 15) is 4.39 Å². The van der Waals surface area contributed by atoms with Crippen LogP contribution in [0.15, 0.2) is 52.1 Å². The molecule has 1 aromatic heterocycles. The first kappa shape index (κ1) is 17.5. The molecule has 0 unspecified atom stereocenters. The number of nitrogens with one attached hydrogen (secondary N) is 2. The summed E-state index contributed by atoms with van der Waals surface area (Å²) in [6.07, 6.45) is 1.63. The van der Waals surface area contributed by atoms with Crippen LogP contribution in [-0.2, 0) is 13.1 Å². The van der Waals surface area contributed by atoms with E-state index >= 15 is 0 Å². The Morgan fingerprint density at radius 3 is 2.76 bits per heavy atom. The molecule has 0 bridgehead atoms. The van der Waals surface area contributed by atoms with Crippen LogP contribution in [0.4, 0.5) is 4.39 Å². The van der Waals surface area contributed by atoms with Gasteiger partial charge in [-0.1, -0.05) is 12.1 Å². The van der Waals surface area contributed by atoms with Crippen LogP contribution in [0.25, 0.3) is 0 Å². The van der Waals surface area contributed by atoms with Gasteiger partial charge in [0.05, 0.1) is 19.4 Å². The second kappa shape index (κ2) is 9.38. The fourth-order valence-corrected chi connectivity index (χ4v) is 1.73. The minimum atomic E-state index is -0.244. The van der Waals surface area contributed by atoms with Crippen molar-refractivity contribution in [1.82, 2.24) is 10.6 Å². The number of nitrogens with zero attached hydrogens (tertiary/aromatic N) is 1. The summed E-state index contributed by atoms with van der Waals surface area (Å²) >= 11 is 0. The fraction of sp³-hybridized carbons (Fsp3) is 0.267. The van der Waals surface area contributed by atoms with Crippen LogP contribution in [0.1, 0.15) is 18.2 Å². The van der Waals surface area contributed by atoms with E-state index in [0.717, 1.165) is 17.9 Å². The molecule has 1 heterocycles. The third kappa shape index (κ3) is 6.16. The molecule has 0 aliphatic carbocycles. The zero-order chi connectivity index (χ0) is 14.2. The van der Waals surface area contributed by atoms with E-state index in [1.165, 1.54) is 12.1 Å². The number of benzene rings is 1. The molecule has 2 aromatic rings. The molecule has 2 N–H and O–H groups in total. The molecule has 0 amide bonds. The lowest BCUT2D eigenvalue weighted by Crippen LogP contribution is -2.36. The normalized spacial score (nSPS) is 10.9. The predicted octanol–water partition coefficient (Wildman–Crippen LogP) is 3.29. The highest BCUT2D eigenvalue weighted by molar-refractivity contribution is 14.0. The van der Waals surface area contributed by atoms with Crippen LogP contribution in [-0.4, -0.2) is 12.5 Å². The summed E-state index contributed by atoms with van der Waals surface area (Å²) in [6, 6.07) is 10.2. The van der Waals surface area contributed by atoms with Crippen molar-refractivity contribution in [3.8, 4) is 0 Å². The van der Waals surface area contributed by atoms with Crippen molar-refractivity contribution in [1.29, 1.82) is 0 Å². The molecule has 1 aromatic carbocycles. The first-order valence-corrected chi connectivity index (χ1v) is 6.57. The largest absolute Gasteiger partial charge is 0.467 e. The van der Waals surface area contributed by atoms with Crippen LogP contribution < -0.4 is 10.6 Å². The number of halogens is 2. The first-order chi connectivity index (χ1) is 9.78. The van der Waals surface area contributed by atoms with Gasteiger partial charge in [0.1, 0.15) is 11.6 Å². The zero-order valence-electron chi connectivity index (χ0n) is 11.8. The van der Waals surface area contributed by atoms with Crippen molar-refractivity contribution >= 4 is 29.9 Å². The van der Waals surface area contributed by atoms with Crippen LogP contribution in [0, 0.1) is 5.82 Å². The smallest absolute Gasteiger partial charge is 0.191 e. The summed E-state index contributed by atoms with van der Waals surface area (Å²) in [5, 5.41) is 6.29. The summed E-state index contributed by atoms with van der Waals surface area (Å²) in [6.45, 7) is 3.73. The second-order valence-corrected chi connectivity index (χ2v) is 4.26. The van der Waals surface area contributed by atoms with Crippen molar-refractivity contribution in [3.63, 3.8) is 0 Å². The molecule has 4 nitrogen and oxygen atoms in total. The summed E-state index contributed by atoms with van der Waals surface area (Å²) in [7, 11) is 0. The predicted molar refractivity (Wildman–Crippen MR) is 92.2 cm³/mol. The molecule has 0 radical (unpaired) electrons. The molecule has 0 spiro atoms. The topological polar surface area (TPSA) is 49.6 Å². The lowest BCUT2D eigenvalue weighted by molar-refractivity contribution is 0.501. The first-order valence-electron chi connectivity index (χ1n) is 6.57. The Morgan fingerprint density at radius 2 is 2.10 bits per heavy atom. The highest BCUT2D eigenvalue weighted by Crippen LogP contribution is 2.04. The maximum atomic E-state index is 13.1. The van der Waals surface area contributed by atoms with Gasteiger partial charge in [-0.05, 0) is 36.8 Å². The van der Waals surface area contributed by atoms with E-state index in [1.807, 2.05) is 25.1 Å². The Labute approximate surface area is 140 Å². The van der Waals surface area contributed by atoms with Crippen molar-refractivity contribution in [2.24, 2.45) is 4.99 Å². The average Bonchev–Trinajstić information content (AvgIpc) is 2.95. The maximum absolute atomic E-state index is 13.1. The van der Waals surface area contributed by atoms with E-state index in [-0.39, 0.29) is 29.8 Å². The molecular formula is C15H19FIN3O. The van der Waals surface area contributed by atoms with Gasteiger partial charge in [-0.3, -0.25) is 0 Å². The number of hydrogen-bond donors (Lipinski definition) is 2. The van der Waals surface area contributed by atoms with Gasteiger partial charge >= 0.3 is 0 Å². The zero-order valence-corrected chi connectivity index (χ0v) is 14.1. The Hall–Kier alpha value is -1.57. The highest BCUT2D eigenvalue weighted by atomic mass is 127. The van der Waals surface area contributed by atoms with E-state index in [1.54, 1.807) is 12.3 Å². The highest BCUT2D eigenvalue weighted by Gasteiger charge is 2.00. The molecule has 21 heavy (non-hydrogen) atoms. The van der Waals surface area contributed by atoms with Crippen molar-refractivity contribution in [2.75, 3.05) is 6.54 Å². The van der Waals surface area contributed by atoms with Crippen molar-refractivity contribution < 1.29 is 8.81 Å². The molecule has 0 aliphatic heterocycles. The number of guanidine groups is 1. The van der Waals surface area contributed by atoms with Crippen LogP contribution in [0.5, 0.6) is 0 Å². The SMILES string of the molecule is CCNC(=NCc1cccc(F)c1)NCc1ccco1.I. The quantitative estimate of drug-likeness (QED) is 0.458. The lowest BCUT2D eigenvalue weighted by Gasteiger charge is -2.10. The van der Waals surface area contributed by atoms with Crippen molar-refractivity contribution in [3.05, 3.63) is 59.8 Å². The van der Waals surface area contributed by atoms with Gasteiger partial charge in [0.25, 0.3) is 0 Å². The van der Waals surface area contributed by atoms with E-state index in [0.29, 0.717) is 19.0 Å². The summed E-state index contributed by atoms with van der Waals surface area (Å²) in [4.78, 5) is 4.41. The molecule has 0 atom stereocenters. The van der Waals surface area contributed by atoms with Gasteiger partial charge < -0.3 is 15.1 Å². The van der Waals surface area contributed by atoms with Crippen LogP contribution in [0.2, 0.25) is 0 Å². The number of rotatable bonds is 5. The molecule has 6 heteroatoms. The van der Waals surface area contributed by atoms with Gasteiger partial charge in [0, 0.05) is 6.54 Å². The monoisotopic (exact) mass is 403 g/mol. The molecule has 114 valence electrons. The van der Waals surface area contributed by atoms with Crippen LogP contribution >= 0.6 is 24.0 Å². The van der Waals surface area contributed by atoms with Gasteiger partial charge in [0.15, 0.2) is 5.96 Å². The van der Waals surface area contributed by atoms with E-state index in [2.05, 4.69) is 15.6 Å². The van der Waals surface area contributed by atoms with Gasteiger partial charge in [-0.15, -0.1) is 24.0 Å². The number of furan rings is 1. The van der Waals surface area contributed by atoms with Crippen molar-refractivity contribution in [2.45, 2.75) is 20.0 Å². The second-order valence-electron chi connectivity index (χ2n) is 4.26. The molecule has 0 saturated carbocycles. The number of aliphatic imine (C=N–C) groups is 1. The lowest BCUT2D eigenvalue weighted by atomic mass is 10.2. The molecule has 0 aliphatic rings. The molecular weight excluding hydrogens is 384 g/mol. The minimum absolute atomic E-state index is 0. The Bertz CT molecular complexity index is 558. The minimum Gasteiger partial charge on any atom is -0.467 e. The van der Waals surface area contributed by atoms with Crippen LogP contribution in [0.3, 0.4) is 0 Å². The third-order valence-electron chi connectivity index (χ3n) is 2.66. The third-order valence-corrected chi connectivity index (χ3v) is 2.66. The fourth-order valence-electron chi connectivity index (χ4n) is 1.73. The Morgan fingerprint density at radius 1 is 1.24 bits per heavy atom. The summed E-state index contributed by atoms with van der Waals surface area (Å²) < 4.78 is 18.3. The Kier molecular flexibility index (Phi) is 7.81. The Balaban J connectivity index is 0.00000220. The molecule has 0 saturated heterocycles. The van der Waals surface area contributed by atoms with Gasteiger partial charge in [0.2, 0.25) is 0 Å². The van der Waals surface area contributed by atoms with Gasteiger partial charge in [-0.2, -0.15) is 0 Å². The summed E-state index contributed by atoms with van der Waals surface area (Å²) in [5.41, 5.74) is 0.834. The summed E-state index contributed by atoms with van der Waals surface area (Å²) in [5.74, 6) is 1.26. The number of hydrogen-bond acceptors (Lipinski definition) is 2. The average molecular weight is 403 g/mol. The molecule has 2 rings (SSSR count). The van der Waals surface area contributed by atoms with Gasteiger partial charge in [-0.25, -0.2) is 9.38 Å². The standard InChI is InChI=1S/C15H18FN3O.HI/c1-2-17-15(19-11-14-7-4-8-20-14)18-10-12-5-3-6-13(16)9-12;/h3-9H,2,10-11H2,1H3,(H2,17,18,19);1H. The van der Waals surface area contributed by atoms with E-state index < -0.39 is 0 Å². The maximum Gasteiger partial charge on any atom is 0.191 e. The molecule has 0 fully saturated rings.